The van der Waals surface area contributed by atoms with Crippen LogP contribution in [0.15, 0.2) is 53.4 Å². The van der Waals surface area contributed by atoms with Crippen LogP contribution in [0.5, 0.6) is 0 Å². The van der Waals surface area contributed by atoms with Crippen molar-refractivity contribution in [3.63, 3.8) is 0 Å². The second kappa shape index (κ2) is 10.7. The van der Waals surface area contributed by atoms with Gasteiger partial charge in [-0.2, -0.15) is 4.31 Å². The summed E-state index contributed by atoms with van der Waals surface area (Å²) < 4.78 is 32.0. The molecule has 2 aromatic carbocycles. The third-order valence-corrected chi connectivity index (χ3v) is 7.25. The van der Waals surface area contributed by atoms with Gasteiger partial charge in [0.05, 0.1) is 18.1 Å². The number of sulfonamides is 1. The molecule has 0 spiro atoms. The molecule has 0 aromatic heterocycles. The summed E-state index contributed by atoms with van der Waals surface area (Å²) in [6.07, 6.45) is 0.767. The summed E-state index contributed by atoms with van der Waals surface area (Å²) in [5.74, 6) is -0.157. The molecule has 9 heteroatoms. The van der Waals surface area contributed by atoms with E-state index >= 15 is 0 Å². The first kappa shape index (κ1) is 23.9. The number of aryl methyl sites for hydroxylation is 1. The van der Waals surface area contributed by atoms with E-state index in [0.29, 0.717) is 45.0 Å². The third kappa shape index (κ3) is 6.38. The molecule has 172 valence electrons. The topological polar surface area (TPSA) is 96.0 Å². The van der Waals surface area contributed by atoms with Gasteiger partial charge in [-0.05, 0) is 41.8 Å². The fourth-order valence-corrected chi connectivity index (χ4v) is 4.79. The van der Waals surface area contributed by atoms with Gasteiger partial charge in [0.25, 0.3) is 0 Å². The van der Waals surface area contributed by atoms with Gasteiger partial charge in [0, 0.05) is 45.7 Å². The Labute approximate surface area is 189 Å². The number of nitrogens with zero attached hydrogens (tertiary/aromatic N) is 2. The molecule has 3 rings (SSSR count). The van der Waals surface area contributed by atoms with Gasteiger partial charge in [0.1, 0.15) is 0 Å². The fraction of sp³-hybridized carbons (Fsp3) is 0.391. The van der Waals surface area contributed by atoms with Crippen LogP contribution in [0.25, 0.3) is 0 Å². The number of carbonyl (C=O) groups is 2. The molecule has 0 radical (unpaired) electrons. The largest absolute Gasteiger partial charge is 0.379 e. The van der Waals surface area contributed by atoms with E-state index in [1.807, 2.05) is 18.2 Å². The lowest BCUT2D eigenvalue weighted by atomic mass is 10.1. The van der Waals surface area contributed by atoms with Crippen molar-refractivity contribution in [3.8, 4) is 0 Å². The standard InChI is InChI=1S/C23H29N3O5S/c1-18(27)25(2)17-20-4-3-5-21(16-20)24-23(28)11-8-19-6-9-22(10-7-19)32(29,30)26-12-14-31-15-13-26/h3-7,9-10,16H,8,11-15,17H2,1-2H3,(H,24,28). The van der Waals surface area contributed by atoms with E-state index in [2.05, 4.69) is 5.32 Å². The molecule has 1 heterocycles. The molecule has 0 unspecified atom stereocenters. The molecule has 0 saturated carbocycles. The summed E-state index contributed by atoms with van der Waals surface area (Å²) in [5.41, 5.74) is 2.49. The first-order valence-electron chi connectivity index (χ1n) is 10.5. The first-order chi connectivity index (χ1) is 15.3. The zero-order valence-corrected chi connectivity index (χ0v) is 19.2. The van der Waals surface area contributed by atoms with E-state index in [1.165, 1.54) is 11.2 Å². The second-order valence-corrected chi connectivity index (χ2v) is 9.72. The van der Waals surface area contributed by atoms with Crippen LogP contribution in [0.2, 0.25) is 0 Å². The number of morpholine rings is 1. The lowest BCUT2D eigenvalue weighted by Gasteiger charge is -2.26. The molecule has 0 aliphatic carbocycles. The number of benzene rings is 2. The van der Waals surface area contributed by atoms with Crippen molar-refractivity contribution in [2.45, 2.75) is 31.2 Å². The highest BCUT2D eigenvalue weighted by molar-refractivity contribution is 7.89. The number of ether oxygens (including phenoxy) is 1. The number of hydrogen-bond acceptors (Lipinski definition) is 5. The van der Waals surface area contributed by atoms with Crippen LogP contribution in [0.1, 0.15) is 24.5 Å². The lowest BCUT2D eigenvalue weighted by Crippen LogP contribution is -2.40. The van der Waals surface area contributed by atoms with E-state index < -0.39 is 10.0 Å². The summed E-state index contributed by atoms with van der Waals surface area (Å²) >= 11 is 0. The van der Waals surface area contributed by atoms with Gasteiger partial charge in [-0.1, -0.05) is 24.3 Å². The van der Waals surface area contributed by atoms with E-state index in [1.54, 1.807) is 42.3 Å². The minimum atomic E-state index is -3.52. The summed E-state index contributed by atoms with van der Waals surface area (Å²) in [6, 6.07) is 14.1. The van der Waals surface area contributed by atoms with Crippen molar-refractivity contribution in [2.75, 3.05) is 38.7 Å². The maximum atomic E-state index is 12.7. The SMILES string of the molecule is CC(=O)N(C)Cc1cccc(NC(=O)CCc2ccc(S(=O)(=O)N3CCOCC3)cc2)c1. The monoisotopic (exact) mass is 459 g/mol. The van der Waals surface area contributed by atoms with Crippen molar-refractivity contribution in [2.24, 2.45) is 0 Å². The second-order valence-electron chi connectivity index (χ2n) is 7.78. The smallest absolute Gasteiger partial charge is 0.243 e. The van der Waals surface area contributed by atoms with Crippen molar-refractivity contribution in [3.05, 3.63) is 59.7 Å². The van der Waals surface area contributed by atoms with E-state index in [4.69, 9.17) is 4.74 Å². The average molecular weight is 460 g/mol. The predicted octanol–water partition coefficient (Wildman–Crippen LogP) is 2.26. The quantitative estimate of drug-likeness (QED) is 0.653. The van der Waals surface area contributed by atoms with Gasteiger partial charge in [0.2, 0.25) is 21.8 Å². The maximum absolute atomic E-state index is 12.7. The molecule has 2 amide bonds. The number of nitrogens with one attached hydrogen (secondary N) is 1. The van der Waals surface area contributed by atoms with Gasteiger partial charge in [-0.15, -0.1) is 0 Å². The van der Waals surface area contributed by atoms with Crippen molar-refractivity contribution in [1.82, 2.24) is 9.21 Å². The Kier molecular flexibility index (Phi) is 8.00. The van der Waals surface area contributed by atoms with Crippen LogP contribution in [0, 0.1) is 0 Å². The molecular formula is C23H29N3O5S. The van der Waals surface area contributed by atoms with Crippen molar-refractivity contribution >= 4 is 27.5 Å². The fourth-order valence-electron chi connectivity index (χ4n) is 3.38. The Morgan fingerprint density at radius 2 is 1.75 bits per heavy atom. The van der Waals surface area contributed by atoms with Gasteiger partial charge in [-0.3, -0.25) is 9.59 Å². The Hall–Kier alpha value is -2.75. The summed E-state index contributed by atoms with van der Waals surface area (Å²) in [5, 5.41) is 2.88. The van der Waals surface area contributed by atoms with Crippen molar-refractivity contribution < 1.29 is 22.7 Å². The number of hydrogen-bond donors (Lipinski definition) is 1. The number of amides is 2. The van der Waals surface area contributed by atoms with Crippen LogP contribution in [0.4, 0.5) is 5.69 Å². The van der Waals surface area contributed by atoms with Gasteiger partial charge in [0.15, 0.2) is 0 Å². The Balaban J connectivity index is 1.53. The number of rotatable bonds is 8. The molecule has 1 N–H and O–H groups in total. The van der Waals surface area contributed by atoms with Gasteiger partial charge in [-0.25, -0.2) is 8.42 Å². The molecule has 1 saturated heterocycles. The highest BCUT2D eigenvalue weighted by atomic mass is 32.2. The van der Waals surface area contributed by atoms with Gasteiger partial charge >= 0.3 is 0 Å². The van der Waals surface area contributed by atoms with Crippen LogP contribution >= 0.6 is 0 Å². The lowest BCUT2D eigenvalue weighted by molar-refractivity contribution is -0.128. The molecule has 0 bridgehead atoms. The minimum Gasteiger partial charge on any atom is -0.379 e. The normalized spacial score (nSPS) is 14.7. The van der Waals surface area contributed by atoms with Crippen molar-refractivity contribution in [1.29, 1.82) is 0 Å². The minimum absolute atomic E-state index is 0.0248. The summed E-state index contributed by atoms with van der Waals surface area (Å²) in [4.78, 5) is 25.6. The van der Waals surface area contributed by atoms with Crippen LogP contribution in [0.3, 0.4) is 0 Å². The molecule has 32 heavy (non-hydrogen) atoms. The molecular weight excluding hydrogens is 430 g/mol. The van der Waals surface area contributed by atoms with E-state index in [0.717, 1.165) is 11.1 Å². The Bertz CT molecular complexity index is 1050. The Morgan fingerprint density at radius 1 is 1.06 bits per heavy atom. The highest BCUT2D eigenvalue weighted by Crippen LogP contribution is 2.19. The third-order valence-electron chi connectivity index (χ3n) is 5.34. The molecule has 1 aliphatic rings. The average Bonchev–Trinajstić information content (AvgIpc) is 2.79. The molecule has 0 atom stereocenters. The number of anilines is 1. The molecule has 8 nitrogen and oxygen atoms in total. The Morgan fingerprint density at radius 3 is 2.41 bits per heavy atom. The zero-order valence-electron chi connectivity index (χ0n) is 18.4. The molecule has 1 fully saturated rings. The molecule has 1 aliphatic heterocycles. The van der Waals surface area contributed by atoms with Crippen LogP contribution < -0.4 is 5.32 Å². The van der Waals surface area contributed by atoms with E-state index in [-0.39, 0.29) is 23.1 Å². The predicted molar refractivity (Wildman–Crippen MR) is 122 cm³/mol. The number of carbonyl (C=O) groups excluding carboxylic acids is 2. The first-order valence-corrected chi connectivity index (χ1v) is 12.0. The van der Waals surface area contributed by atoms with Crippen LogP contribution in [-0.4, -0.2) is 62.8 Å². The summed E-state index contributed by atoms with van der Waals surface area (Å²) in [7, 11) is -1.79. The molecule has 2 aromatic rings. The zero-order chi connectivity index (χ0) is 23.1. The van der Waals surface area contributed by atoms with Gasteiger partial charge < -0.3 is 15.0 Å². The maximum Gasteiger partial charge on any atom is 0.243 e. The van der Waals surface area contributed by atoms with E-state index in [9.17, 15) is 18.0 Å². The van der Waals surface area contributed by atoms with Crippen LogP contribution in [-0.2, 0) is 37.3 Å². The highest BCUT2D eigenvalue weighted by Gasteiger charge is 2.26. The summed E-state index contributed by atoms with van der Waals surface area (Å²) in [6.45, 7) is 3.51.